The Bertz CT molecular complexity index is 1270. The fourth-order valence-electron chi connectivity index (χ4n) is 4.34. The molecule has 3 aromatic rings. The van der Waals surface area contributed by atoms with Crippen LogP contribution in [0.15, 0.2) is 46.0 Å². The van der Waals surface area contributed by atoms with E-state index in [-0.39, 0.29) is 29.5 Å². The van der Waals surface area contributed by atoms with Gasteiger partial charge < -0.3 is 23.8 Å². The van der Waals surface area contributed by atoms with Crippen LogP contribution < -0.4 is 15.0 Å². The molecule has 0 bridgehead atoms. The van der Waals surface area contributed by atoms with E-state index in [1.807, 2.05) is 29.6 Å². The van der Waals surface area contributed by atoms with E-state index >= 15 is 0 Å². The summed E-state index contributed by atoms with van der Waals surface area (Å²) in [5, 5.41) is 1.89. The number of ether oxygens (including phenoxy) is 2. The lowest BCUT2D eigenvalue weighted by atomic mass is 10.1. The van der Waals surface area contributed by atoms with Gasteiger partial charge >= 0.3 is 0 Å². The SMILES string of the molecule is COc1ccccc1CC(=O)N1CCc2c(C(=O)N(C)Cc3cscn3)c(OC)cc(=O)n2CC1. The largest absolute Gasteiger partial charge is 0.496 e. The zero-order valence-electron chi connectivity index (χ0n) is 20.0. The van der Waals surface area contributed by atoms with Crippen molar-refractivity contribution in [2.45, 2.75) is 25.9 Å². The van der Waals surface area contributed by atoms with Crippen LogP contribution in [0.3, 0.4) is 0 Å². The van der Waals surface area contributed by atoms with E-state index in [1.54, 1.807) is 34.0 Å². The molecule has 10 heteroatoms. The number of amides is 2. The molecule has 0 aliphatic carbocycles. The minimum absolute atomic E-state index is 0.0594. The maximum atomic E-state index is 13.5. The van der Waals surface area contributed by atoms with Crippen LogP contribution in [0.4, 0.5) is 0 Å². The Labute approximate surface area is 207 Å². The first-order valence-corrected chi connectivity index (χ1v) is 12.2. The monoisotopic (exact) mass is 496 g/mol. The zero-order valence-corrected chi connectivity index (χ0v) is 20.8. The van der Waals surface area contributed by atoms with Crippen molar-refractivity contribution in [1.29, 1.82) is 0 Å². The van der Waals surface area contributed by atoms with E-state index in [0.29, 0.717) is 49.6 Å². The number of benzene rings is 1. The molecule has 0 fully saturated rings. The van der Waals surface area contributed by atoms with Crippen molar-refractivity contribution in [2.75, 3.05) is 34.4 Å². The Morgan fingerprint density at radius 3 is 2.60 bits per heavy atom. The number of nitrogens with zero attached hydrogens (tertiary/aromatic N) is 4. The topological polar surface area (TPSA) is 94.0 Å². The van der Waals surface area contributed by atoms with Gasteiger partial charge in [-0.25, -0.2) is 4.98 Å². The number of para-hydroxylation sites is 1. The highest BCUT2D eigenvalue weighted by molar-refractivity contribution is 7.07. The fraction of sp³-hybridized carbons (Fsp3) is 0.360. The van der Waals surface area contributed by atoms with Crippen molar-refractivity contribution in [3.63, 3.8) is 0 Å². The van der Waals surface area contributed by atoms with Crippen molar-refractivity contribution in [2.24, 2.45) is 0 Å². The second-order valence-electron chi connectivity index (χ2n) is 8.28. The molecule has 184 valence electrons. The lowest BCUT2D eigenvalue weighted by molar-refractivity contribution is -0.130. The van der Waals surface area contributed by atoms with Crippen LogP contribution in [0.1, 0.15) is 27.3 Å². The van der Waals surface area contributed by atoms with E-state index in [9.17, 15) is 14.4 Å². The van der Waals surface area contributed by atoms with Crippen molar-refractivity contribution in [1.82, 2.24) is 19.4 Å². The Kier molecular flexibility index (Phi) is 7.50. The molecule has 4 rings (SSSR count). The molecule has 1 aliphatic rings. The smallest absolute Gasteiger partial charge is 0.259 e. The molecule has 0 radical (unpaired) electrons. The number of carbonyl (C=O) groups excluding carboxylic acids is 2. The Morgan fingerprint density at radius 1 is 1.11 bits per heavy atom. The molecule has 1 aromatic carbocycles. The molecule has 1 aliphatic heterocycles. The molecule has 3 heterocycles. The normalized spacial score (nSPS) is 13.1. The molecule has 35 heavy (non-hydrogen) atoms. The predicted octanol–water partition coefficient (Wildman–Crippen LogP) is 2.22. The van der Waals surface area contributed by atoms with E-state index in [1.165, 1.54) is 24.5 Å². The minimum Gasteiger partial charge on any atom is -0.496 e. The predicted molar refractivity (Wildman–Crippen MR) is 132 cm³/mol. The third kappa shape index (κ3) is 5.22. The van der Waals surface area contributed by atoms with E-state index in [0.717, 1.165) is 11.3 Å². The summed E-state index contributed by atoms with van der Waals surface area (Å²) in [4.78, 5) is 47.0. The number of pyridine rings is 1. The van der Waals surface area contributed by atoms with Gasteiger partial charge in [0.2, 0.25) is 5.91 Å². The summed E-state index contributed by atoms with van der Waals surface area (Å²) in [6.45, 7) is 1.39. The highest BCUT2D eigenvalue weighted by Crippen LogP contribution is 2.25. The number of rotatable bonds is 7. The van der Waals surface area contributed by atoms with Crippen LogP contribution in [0.25, 0.3) is 0 Å². The average molecular weight is 497 g/mol. The summed E-state index contributed by atoms with van der Waals surface area (Å²) in [7, 11) is 4.72. The number of fused-ring (bicyclic) bond motifs is 1. The Hall–Kier alpha value is -3.66. The van der Waals surface area contributed by atoms with Crippen LogP contribution >= 0.6 is 11.3 Å². The first kappa shape index (κ1) is 24.5. The number of hydrogen-bond acceptors (Lipinski definition) is 7. The highest BCUT2D eigenvalue weighted by Gasteiger charge is 2.28. The number of aromatic nitrogens is 2. The average Bonchev–Trinajstić information content (AvgIpc) is 3.26. The molecule has 0 unspecified atom stereocenters. The van der Waals surface area contributed by atoms with Crippen molar-refractivity contribution in [3.8, 4) is 11.5 Å². The van der Waals surface area contributed by atoms with Crippen LogP contribution in [0.2, 0.25) is 0 Å². The van der Waals surface area contributed by atoms with Gasteiger partial charge in [0.25, 0.3) is 11.5 Å². The van der Waals surface area contributed by atoms with Gasteiger partial charge in [-0.15, -0.1) is 11.3 Å². The van der Waals surface area contributed by atoms with Gasteiger partial charge in [0.05, 0.1) is 38.4 Å². The molecule has 2 amide bonds. The second kappa shape index (κ2) is 10.7. The van der Waals surface area contributed by atoms with Crippen molar-refractivity contribution < 1.29 is 19.1 Å². The van der Waals surface area contributed by atoms with E-state index < -0.39 is 0 Å². The van der Waals surface area contributed by atoms with Gasteiger partial charge in [-0.05, 0) is 6.07 Å². The van der Waals surface area contributed by atoms with Crippen molar-refractivity contribution in [3.05, 3.63) is 74.1 Å². The summed E-state index contributed by atoms with van der Waals surface area (Å²) in [5.74, 6) is 0.587. The lowest BCUT2D eigenvalue weighted by Gasteiger charge is -2.22. The minimum atomic E-state index is -0.257. The van der Waals surface area contributed by atoms with Crippen LogP contribution in [-0.2, 0) is 30.7 Å². The lowest BCUT2D eigenvalue weighted by Crippen LogP contribution is -2.35. The molecule has 0 N–H and O–H groups in total. The molecule has 2 aromatic heterocycles. The number of thiazole rings is 1. The molecule has 0 saturated carbocycles. The molecular weight excluding hydrogens is 468 g/mol. The highest BCUT2D eigenvalue weighted by atomic mass is 32.1. The van der Waals surface area contributed by atoms with Gasteiger partial charge in [0.15, 0.2) is 0 Å². The third-order valence-corrected chi connectivity index (χ3v) is 6.78. The molecule has 0 atom stereocenters. The summed E-state index contributed by atoms with van der Waals surface area (Å²) < 4.78 is 12.4. The van der Waals surface area contributed by atoms with Crippen LogP contribution in [0, 0.1) is 0 Å². The summed E-state index contributed by atoms with van der Waals surface area (Å²) in [6, 6.07) is 8.77. The first-order chi connectivity index (χ1) is 16.9. The summed E-state index contributed by atoms with van der Waals surface area (Å²) >= 11 is 1.47. The van der Waals surface area contributed by atoms with Gasteiger partial charge in [0, 0.05) is 55.8 Å². The van der Waals surface area contributed by atoms with Gasteiger partial charge in [0.1, 0.15) is 17.1 Å². The van der Waals surface area contributed by atoms with Crippen molar-refractivity contribution >= 4 is 23.2 Å². The Morgan fingerprint density at radius 2 is 1.89 bits per heavy atom. The molecule has 0 spiro atoms. The van der Waals surface area contributed by atoms with E-state index in [2.05, 4.69) is 4.98 Å². The molecular formula is C25H28N4O5S. The first-order valence-electron chi connectivity index (χ1n) is 11.3. The van der Waals surface area contributed by atoms with Crippen LogP contribution in [0.5, 0.6) is 11.5 Å². The van der Waals surface area contributed by atoms with E-state index in [4.69, 9.17) is 9.47 Å². The van der Waals surface area contributed by atoms with Gasteiger partial charge in [-0.2, -0.15) is 0 Å². The number of carbonyl (C=O) groups is 2. The summed E-state index contributed by atoms with van der Waals surface area (Å²) in [6.07, 6.45) is 0.552. The number of methoxy groups -OCH3 is 2. The summed E-state index contributed by atoms with van der Waals surface area (Å²) in [5.41, 5.74) is 3.99. The number of hydrogen-bond donors (Lipinski definition) is 0. The molecule has 0 saturated heterocycles. The van der Waals surface area contributed by atoms with Crippen LogP contribution in [-0.4, -0.2) is 65.5 Å². The fourth-order valence-corrected chi connectivity index (χ4v) is 4.88. The zero-order chi connectivity index (χ0) is 24.9. The molecule has 9 nitrogen and oxygen atoms in total. The van der Waals surface area contributed by atoms with Gasteiger partial charge in [-0.3, -0.25) is 14.4 Å². The standard InChI is InChI=1S/C25H28N4O5S/c1-27(14-18-15-35-16-26-18)25(32)24-19-8-9-28(10-11-29(19)23(31)13-21(24)34-3)22(30)12-17-6-4-5-7-20(17)33-2/h4-7,13,15-16H,8-12,14H2,1-3H3. The quantitative estimate of drug-likeness (QED) is 0.498. The third-order valence-electron chi connectivity index (χ3n) is 6.14. The maximum absolute atomic E-state index is 13.5. The van der Waals surface area contributed by atoms with Gasteiger partial charge in [-0.1, -0.05) is 18.2 Å². The second-order valence-corrected chi connectivity index (χ2v) is 9.00. The Balaban J connectivity index is 1.59. The maximum Gasteiger partial charge on any atom is 0.259 e.